The molecule has 0 spiro atoms. The molecule has 23 heteroatoms. The number of rotatable bonds is 51. The van der Waals surface area contributed by atoms with Crippen molar-refractivity contribution >= 4 is 17.8 Å². The number of hydrogen-bond donors (Lipinski definition) is 14. The molecule has 18 unspecified atom stereocenters. The molecule has 18 atom stereocenters. The summed E-state index contributed by atoms with van der Waals surface area (Å²) < 4.78 is 34.7. The maximum Gasteiger partial charge on any atom is 0.364 e. The molecule has 0 aromatic heterocycles. The minimum absolute atomic E-state index is 0.185. The molecule has 0 saturated carbocycles. The first kappa shape index (κ1) is 80.4. The molecule has 0 aromatic rings. The number of aliphatic hydroxyl groups excluding tert-OH is 11. The van der Waals surface area contributed by atoms with Crippen LogP contribution in [0.4, 0.5) is 0 Å². The Morgan fingerprint density at radius 2 is 1.07 bits per heavy atom. The van der Waals surface area contributed by atoms with Crippen molar-refractivity contribution in [2.75, 3.05) is 26.4 Å². The lowest BCUT2D eigenvalue weighted by Crippen LogP contribution is -2.70. The van der Waals surface area contributed by atoms with Crippen LogP contribution in [0.5, 0.6) is 0 Å². The summed E-state index contributed by atoms with van der Waals surface area (Å²) in [5, 5.41) is 136. The van der Waals surface area contributed by atoms with Crippen LogP contribution >= 0.6 is 0 Å². The SMILES string of the molecule is CCCC/C=C\CCCCCCC(=O)NC(COC1OC(CO)C(OC2OC(CO)C(O)C(OC3(C(=O)O)CC(O)C(NC(C)=O)C(C(O)C(O)CO)O3)C2O)C(O)C1O)C(O)/C=C/CCCCCCCCCCCCCCCCCCCCCCCCC. The molecule has 3 rings (SSSR count). The van der Waals surface area contributed by atoms with Gasteiger partial charge in [0.2, 0.25) is 11.8 Å². The minimum Gasteiger partial charge on any atom is -0.477 e. The van der Waals surface area contributed by atoms with Gasteiger partial charge in [-0.3, -0.25) is 9.59 Å². The first-order valence-corrected chi connectivity index (χ1v) is 34.2. The monoisotopic (exact) mass is 1280 g/mol. The molecule has 3 fully saturated rings. The average molecular weight is 1280 g/mol. The molecule has 14 N–H and O–H groups in total. The number of unbranched alkanes of at least 4 members (excludes halogenated alkanes) is 29. The maximum atomic E-state index is 13.4. The second-order valence-electron chi connectivity index (χ2n) is 25.0. The molecule has 89 heavy (non-hydrogen) atoms. The first-order valence-electron chi connectivity index (χ1n) is 34.2. The predicted molar refractivity (Wildman–Crippen MR) is 334 cm³/mol. The molecule has 3 heterocycles. The van der Waals surface area contributed by atoms with E-state index >= 15 is 0 Å². The van der Waals surface area contributed by atoms with Gasteiger partial charge in [-0.1, -0.05) is 205 Å². The van der Waals surface area contributed by atoms with E-state index in [2.05, 4.69) is 36.6 Å². The van der Waals surface area contributed by atoms with E-state index in [1.807, 2.05) is 6.08 Å². The van der Waals surface area contributed by atoms with Crippen LogP contribution in [0, 0.1) is 0 Å². The van der Waals surface area contributed by atoms with Crippen LogP contribution in [0.1, 0.15) is 239 Å². The third kappa shape index (κ3) is 30.0. The van der Waals surface area contributed by atoms with Crippen molar-refractivity contribution in [3.8, 4) is 0 Å². The zero-order valence-electron chi connectivity index (χ0n) is 54.0. The van der Waals surface area contributed by atoms with Gasteiger partial charge < -0.3 is 100 Å². The maximum absolute atomic E-state index is 13.4. The highest BCUT2D eigenvalue weighted by Crippen LogP contribution is 2.39. The van der Waals surface area contributed by atoms with Gasteiger partial charge in [-0.05, 0) is 38.5 Å². The normalized spacial score (nSPS) is 28.9. The van der Waals surface area contributed by atoms with E-state index in [1.54, 1.807) is 6.08 Å². The van der Waals surface area contributed by atoms with Crippen LogP contribution in [-0.2, 0) is 42.8 Å². The molecule has 3 aliphatic rings. The molecular weight excluding hydrogens is 1160 g/mol. The number of amides is 2. The Hall–Kier alpha value is -2.79. The fourth-order valence-electron chi connectivity index (χ4n) is 11.9. The van der Waals surface area contributed by atoms with Crippen molar-refractivity contribution in [2.45, 2.75) is 349 Å². The third-order valence-corrected chi connectivity index (χ3v) is 17.4. The van der Waals surface area contributed by atoms with Crippen molar-refractivity contribution in [1.29, 1.82) is 0 Å². The zero-order valence-corrected chi connectivity index (χ0v) is 54.0. The number of hydrogen-bond acceptors (Lipinski definition) is 20. The largest absolute Gasteiger partial charge is 0.477 e. The van der Waals surface area contributed by atoms with E-state index in [1.165, 1.54) is 128 Å². The number of aliphatic hydroxyl groups is 11. The van der Waals surface area contributed by atoms with Gasteiger partial charge in [-0.2, -0.15) is 0 Å². The van der Waals surface area contributed by atoms with Gasteiger partial charge in [0.15, 0.2) is 12.6 Å². The summed E-state index contributed by atoms with van der Waals surface area (Å²) in [6, 6.07) is -2.62. The van der Waals surface area contributed by atoms with Gasteiger partial charge in [0.1, 0.15) is 67.1 Å². The topological polar surface area (TPSA) is 373 Å². The van der Waals surface area contributed by atoms with Crippen LogP contribution in [0.15, 0.2) is 24.3 Å². The summed E-state index contributed by atoms with van der Waals surface area (Å²) in [5.41, 5.74) is 0. The van der Waals surface area contributed by atoms with Crippen LogP contribution in [-0.4, -0.2) is 215 Å². The molecule has 520 valence electrons. The van der Waals surface area contributed by atoms with Gasteiger partial charge in [0.25, 0.3) is 5.79 Å². The third-order valence-electron chi connectivity index (χ3n) is 17.4. The fourth-order valence-corrected chi connectivity index (χ4v) is 11.9. The standard InChI is InChI=1S/C66H120N2O21/c1-4-6-8-10-12-14-16-17-18-19-20-21-22-23-24-25-26-27-28-29-30-31-33-35-37-39-48(73)47(68-53(76)40-38-36-34-32-15-13-11-9-7-5-2)45-84-63-58(80)57(79)60(52(44-71)86-63)87-64-59(81)62(56(78)51(43-70)85-64)89-66(65(82)83)41-49(74)54(67-46(3)72)61(88-66)55(77)50(75)42-69/h11,13,37,39,47-52,54-64,69-71,73-75,77-81H,4-10,12,14-36,38,40-45H2,1-3H3,(H,67,72)(H,68,76)(H,82,83)/b13-11-,39-37+. The summed E-state index contributed by atoms with van der Waals surface area (Å²) in [7, 11) is 0. The molecule has 23 nitrogen and oxygen atoms in total. The van der Waals surface area contributed by atoms with Crippen LogP contribution < -0.4 is 10.6 Å². The van der Waals surface area contributed by atoms with E-state index in [-0.39, 0.29) is 12.3 Å². The summed E-state index contributed by atoms with van der Waals surface area (Å²) >= 11 is 0. The van der Waals surface area contributed by atoms with Gasteiger partial charge >= 0.3 is 5.97 Å². The molecule has 0 aromatic carbocycles. The van der Waals surface area contributed by atoms with E-state index in [0.29, 0.717) is 12.8 Å². The minimum atomic E-state index is -3.08. The van der Waals surface area contributed by atoms with Gasteiger partial charge in [0, 0.05) is 19.8 Å². The summed E-state index contributed by atoms with van der Waals surface area (Å²) in [4.78, 5) is 38.4. The highest BCUT2D eigenvalue weighted by Gasteiger charge is 2.60. The zero-order chi connectivity index (χ0) is 65.4. The van der Waals surface area contributed by atoms with Gasteiger partial charge in [-0.25, -0.2) is 4.79 Å². The van der Waals surface area contributed by atoms with Crippen molar-refractivity contribution in [3.05, 3.63) is 24.3 Å². The number of carbonyl (C=O) groups excluding carboxylic acids is 2. The molecule has 3 aliphatic heterocycles. The summed E-state index contributed by atoms with van der Waals surface area (Å²) in [5.74, 6) is -6.16. The van der Waals surface area contributed by atoms with Gasteiger partial charge in [-0.15, -0.1) is 0 Å². The number of allylic oxidation sites excluding steroid dienone is 3. The number of carbonyl (C=O) groups is 3. The van der Waals surface area contributed by atoms with Crippen LogP contribution in [0.25, 0.3) is 0 Å². The van der Waals surface area contributed by atoms with E-state index in [4.69, 9.17) is 28.4 Å². The highest BCUT2D eigenvalue weighted by atomic mass is 16.8. The van der Waals surface area contributed by atoms with Crippen molar-refractivity contribution in [2.24, 2.45) is 0 Å². The molecule has 2 amide bonds. The average Bonchev–Trinajstić information content (AvgIpc) is 2.19. The lowest BCUT2D eigenvalue weighted by Gasteiger charge is -2.50. The van der Waals surface area contributed by atoms with Crippen LogP contribution in [0.3, 0.4) is 0 Å². The summed E-state index contributed by atoms with van der Waals surface area (Å²) in [6.07, 6.45) is 16.9. The number of ether oxygens (including phenoxy) is 6. The van der Waals surface area contributed by atoms with Gasteiger partial charge in [0.05, 0.1) is 50.7 Å². The van der Waals surface area contributed by atoms with E-state index < -0.39 is 155 Å². The second kappa shape index (κ2) is 47.1. The Morgan fingerprint density at radius 1 is 0.584 bits per heavy atom. The predicted octanol–water partition coefficient (Wildman–Crippen LogP) is 5.67. The number of nitrogens with one attached hydrogen (secondary N) is 2. The fraction of sp³-hybridized carbons (Fsp3) is 0.894. The molecule has 3 saturated heterocycles. The summed E-state index contributed by atoms with van der Waals surface area (Å²) in [6.45, 7) is 2.07. The van der Waals surface area contributed by atoms with Crippen LogP contribution in [0.2, 0.25) is 0 Å². The number of carboxylic acids is 1. The smallest absolute Gasteiger partial charge is 0.364 e. The Balaban J connectivity index is 1.56. The Labute approximate surface area is 530 Å². The Bertz CT molecular complexity index is 1900. The second-order valence-corrected chi connectivity index (χ2v) is 25.0. The van der Waals surface area contributed by atoms with Crippen molar-refractivity contribution in [1.82, 2.24) is 10.6 Å². The highest BCUT2D eigenvalue weighted by molar-refractivity contribution is 5.77. The van der Waals surface area contributed by atoms with E-state index in [0.717, 1.165) is 71.1 Å². The molecule has 0 aliphatic carbocycles. The Kier molecular flexibility index (Phi) is 42.6. The quantitative estimate of drug-likeness (QED) is 0.0257. The molecular formula is C66H120N2O21. The number of carboxylic acid groups (broad SMARTS) is 1. The van der Waals surface area contributed by atoms with Crippen molar-refractivity contribution in [3.63, 3.8) is 0 Å². The molecule has 0 bridgehead atoms. The lowest BCUT2D eigenvalue weighted by molar-refractivity contribution is -0.386. The number of aliphatic carboxylic acids is 1. The van der Waals surface area contributed by atoms with E-state index in [9.17, 15) is 75.7 Å². The molecule has 0 radical (unpaired) electrons. The Morgan fingerprint density at radius 3 is 1.56 bits per heavy atom. The lowest BCUT2D eigenvalue weighted by atomic mass is 9.88. The first-order chi connectivity index (χ1) is 42.9. The van der Waals surface area contributed by atoms with Crippen molar-refractivity contribution < 1.29 is 104 Å².